The van der Waals surface area contributed by atoms with Gasteiger partial charge in [0.15, 0.2) is 0 Å². The van der Waals surface area contributed by atoms with Crippen molar-refractivity contribution in [2.75, 3.05) is 7.05 Å². The minimum absolute atomic E-state index is 0.0857. The predicted octanol–water partition coefficient (Wildman–Crippen LogP) is 0.973. The molecule has 0 spiro atoms. The first-order chi connectivity index (χ1) is 5.54. The molecular weight excluding hydrogens is 156 g/mol. The molecule has 0 aliphatic carbocycles. The van der Waals surface area contributed by atoms with Gasteiger partial charge in [0.1, 0.15) is 0 Å². The van der Waals surface area contributed by atoms with Crippen LogP contribution in [-0.4, -0.2) is 29.9 Å². The molecule has 0 aromatic carbocycles. The zero-order valence-electron chi connectivity index (χ0n) is 8.05. The number of imide groups is 1. The van der Waals surface area contributed by atoms with Gasteiger partial charge >= 0.3 is 6.03 Å². The maximum atomic E-state index is 11.2. The van der Waals surface area contributed by atoms with Gasteiger partial charge in [-0.2, -0.15) is 0 Å². The molecular formula is C8H16N2O2. The summed E-state index contributed by atoms with van der Waals surface area (Å²) in [6.45, 7) is 5.35. The van der Waals surface area contributed by atoms with Crippen molar-refractivity contribution < 1.29 is 9.59 Å². The first kappa shape index (κ1) is 10.9. The molecule has 12 heavy (non-hydrogen) atoms. The number of carbonyl (C=O) groups excluding carboxylic acids is 2. The average molecular weight is 172 g/mol. The number of nitrogens with one attached hydrogen (secondary N) is 1. The topological polar surface area (TPSA) is 49.4 Å². The van der Waals surface area contributed by atoms with Gasteiger partial charge in [0, 0.05) is 19.5 Å². The number of nitrogens with zero attached hydrogens (tertiary/aromatic N) is 1. The molecule has 0 aliphatic rings. The van der Waals surface area contributed by atoms with Crippen LogP contribution in [0.3, 0.4) is 0 Å². The van der Waals surface area contributed by atoms with Crippen LogP contribution in [0.4, 0.5) is 4.79 Å². The van der Waals surface area contributed by atoms with Crippen LogP contribution in [0, 0.1) is 0 Å². The Labute approximate surface area is 72.9 Å². The monoisotopic (exact) mass is 172 g/mol. The fourth-order valence-corrected chi connectivity index (χ4v) is 0.927. The number of amides is 3. The molecule has 0 aromatic heterocycles. The van der Waals surface area contributed by atoms with E-state index in [9.17, 15) is 9.59 Å². The highest BCUT2D eigenvalue weighted by Crippen LogP contribution is 2.01. The van der Waals surface area contributed by atoms with Gasteiger partial charge in [0.2, 0.25) is 5.91 Å². The summed E-state index contributed by atoms with van der Waals surface area (Å²) in [6.07, 6.45) is 0.353. The molecule has 1 N–H and O–H groups in total. The standard InChI is InChI=1S/C8H16N2O2/c1-5-7(11)10(6(2)3)8(12)9-4/h6H,5H2,1-4H3,(H,9,12). The zero-order valence-corrected chi connectivity index (χ0v) is 8.05. The van der Waals surface area contributed by atoms with Crippen LogP contribution in [-0.2, 0) is 4.79 Å². The fraction of sp³-hybridized carbons (Fsp3) is 0.750. The third-order valence-corrected chi connectivity index (χ3v) is 1.52. The molecule has 0 radical (unpaired) electrons. The van der Waals surface area contributed by atoms with E-state index >= 15 is 0 Å². The van der Waals surface area contributed by atoms with Crippen LogP contribution in [0.25, 0.3) is 0 Å². The molecule has 0 atom stereocenters. The molecule has 70 valence electrons. The van der Waals surface area contributed by atoms with E-state index in [4.69, 9.17) is 0 Å². The third kappa shape index (κ3) is 2.53. The van der Waals surface area contributed by atoms with Crippen molar-refractivity contribution in [3.8, 4) is 0 Å². The van der Waals surface area contributed by atoms with Gasteiger partial charge in [-0.1, -0.05) is 6.92 Å². The van der Waals surface area contributed by atoms with Crippen LogP contribution in [0.15, 0.2) is 0 Å². The molecule has 0 aliphatic heterocycles. The lowest BCUT2D eigenvalue weighted by molar-refractivity contribution is -0.129. The Bertz CT molecular complexity index is 162. The fourth-order valence-electron chi connectivity index (χ4n) is 0.927. The summed E-state index contributed by atoms with van der Waals surface area (Å²) in [5, 5.41) is 2.43. The smallest absolute Gasteiger partial charge is 0.324 e. The van der Waals surface area contributed by atoms with E-state index < -0.39 is 0 Å². The van der Waals surface area contributed by atoms with Gasteiger partial charge in [0.05, 0.1) is 0 Å². The Kier molecular flexibility index (Phi) is 4.33. The molecule has 4 nitrogen and oxygen atoms in total. The summed E-state index contributed by atoms with van der Waals surface area (Å²) >= 11 is 0. The summed E-state index contributed by atoms with van der Waals surface area (Å²) < 4.78 is 0. The van der Waals surface area contributed by atoms with Crippen LogP contribution < -0.4 is 5.32 Å². The lowest BCUT2D eigenvalue weighted by Gasteiger charge is -2.23. The van der Waals surface area contributed by atoms with Gasteiger partial charge in [0.25, 0.3) is 0 Å². The first-order valence-electron chi connectivity index (χ1n) is 4.08. The molecule has 4 heteroatoms. The Hall–Kier alpha value is -1.06. The van der Waals surface area contributed by atoms with Crippen molar-refractivity contribution in [1.82, 2.24) is 10.2 Å². The maximum absolute atomic E-state index is 11.2. The SMILES string of the molecule is CCC(=O)N(C(=O)NC)C(C)C. The number of rotatable bonds is 2. The van der Waals surface area contributed by atoms with E-state index in [2.05, 4.69) is 5.32 Å². The number of hydrogen-bond donors (Lipinski definition) is 1. The Balaban J connectivity index is 4.43. The minimum Gasteiger partial charge on any atom is -0.341 e. The molecule has 0 rings (SSSR count). The molecule has 0 aromatic rings. The van der Waals surface area contributed by atoms with Gasteiger partial charge in [-0.15, -0.1) is 0 Å². The highest BCUT2D eigenvalue weighted by molar-refractivity contribution is 5.94. The van der Waals surface area contributed by atoms with Crippen molar-refractivity contribution in [2.45, 2.75) is 33.2 Å². The minimum atomic E-state index is -0.336. The van der Waals surface area contributed by atoms with E-state index in [1.165, 1.54) is 11.9 Å². The highest BCUT2D eigenvalue weighted by Gasteiger charge is 2.21. The second-order valence-electron chi connectivity index (χ2n) is 2.77. The second-order valence-corrected chi connectivity index (χ2v) is 2.77. The highest BCUT2D eigenvalue weighted by atomic mass is 16.2. The molecule has 0 saturated carbocycles. The van der Waals surface area contributed by atoms with Crippen molar-refractivity contribution in [1.29, 1.82) is 0 Å². The second kappa shape index (κ2) is 4.74. The summed E-state index contributed by atoms with van der Waals surface area (Å²) in [4.78, 5) is 23.6. The van der Waals surface area contributed by atoms with E-state index in [0.29, 0.717) is 6.42 Å². The van der Waals surface area contributed by atoms with Gasteiger partial charge in [-0.25, -0.2) is 4.79 Å². The van der Waals surface area contributed by atoms with Gasteiger partial charge in [-0.05, 0) is 13.8 Å². The van der Waals surface area contributed by atoms with E-state index in [1.807, 2.05) is 13.8 Å². The van der Waals surface area contributed by atoms with Crippen molar-refractivity contribution in [3.05, 3.63) is 0 Å². The first-order valence-corrected chi connectivity index (χ1v) is 4.08. The quantitative estimate of drug-likeness (QED) is 0.674. The van der Waals surface area contributed by atoms with E-state index in [1.54, 1.807) is 6.92 Å². The molecule has 0 unspecified atom stereocenters. The lowest BCUT2D eigenvalue weighted by atomic mass is 10.3. The number of carbonyl (C=O) groups is 2. The van der Waals surface area contributed by atoms with Crippen LogP contribution in [0.1, 0.15) is 27.2 Å². The van der Waals surface area contributed by atoms with Crippen molar-refractivity contribution in [2.24, 2.45) is 0 Å². The Morgan fingerprint density at radius 2 is 1.92 bits per heavy atom. The molecule has 3 amide bonds. The zero-order chi connectivity index (χ0) is 9.72. The summed E-state index contributed by atoms with van der Waals surface area (Å²) in [6, 6.07) is -0.422. The normalized spacial score (nSPS) is 9.75. The summed E-state index contributed by atoms with van der Waals surface area (Å²) in [7, 11) is 1.51. The number of urea groups is 1. The van der Waals surface area contributed by atoms with Gasteiger partial charge in [-0.3, -0.25) is 9.69 Å². The van der Waals surface area contributed by atoms with Crippen molar-refractivity contribution in [3.63, 3.8) is 0 Å². The number of hydrogen-bond acceptors (Lipinski definition) is 2. The van der Waals surface area contributed by atoms with E-state index in [0.717, 1.165) is 0 Å². The van der Waals surface area contributed by atoms with Crippen LogP contribution in [0.5, 0.6) is 0 Å². The van der Waals surface area contributed by atoms with Crippen LogP contribution >= 0.6 is 0 Å². The predicted molar refractivity (Wildman–Crippen MR) is 46.7 cm³/mol. The molecule has 0 fully saturated rings. The Morgan fingerprint density at radius 1 is 1.42 bits per heavy atom. The van der Waals surface area contributed by atoms with Gasteiger partial charge < -0.3 is 5.32 Å². The average Bonchev–Trinajstić information content (AvgIpc) is 2.03. The lowest BCUT2D eigenvalue weighted by Crippen LogP contribution is -2.46. The molecule has 0 saturated heterocycles. The molecule has 0 bridgehead atoms. The maximum Gasteiger partial charge on any atom is 0.324 e. The Morgan fingerprint density at radius 3 is 2.17 bits per heavy atom. The summed E-state index contributed by atoms with van der Waals surface area (Å²) in [5.74, 6) is -0.149. The van der Waals surface area contributed by atoms with Crippen molar-refractivity contribution >= 4 is 11.9 Å². The van der Waals surface area contributed by atoms with E-state index in [-0.39, 0.29) is 18.0 Å². The largest absolute Gasteiger partial charge is 0.341 e. The molecule has 0 heterocycles. The summed E-state index contributed by atoms with van der Waals surface area (Å²) in [5.41, 5.74) is 0. The van der Waals surface area contributed by atoms with Crippen LogP contribution in [0.2, 0.25) is 0 Å². The third-order valence-electron chi connectivity index (χ3n) is 1.52.